The fraction of sp³-hybridized carbons (Fsp3) is 0.111. The molecule has 0 aliphatic carbocycles. The lowest BCUT2D eigenvalue weighted by Gasteiger charge is -2.16. The van der Waals surface area contributed by atoms with Crippen LogP contribution in [0.3, 0.4) is 0 Å². The van der Waals surface area contributed by atoms with Crippen LogP contribution < -0.4 is 4.74 Å². The molecule has 1 heterocycles. The van der Waals surface area contributed by atoms with Gasteiger partial charge in [0.25, 0.3) is 0 Å². The van der Waals surface area contributed by atoms with Gasteiger partial charge in [0.15, 0.2) is 0 Å². The Morgan fingerprint density at radius 2 is 1.61 bits per heavy atom. The summed E-state index contributed by atoms with van der Waals surface area (Å²) in [7, 11) is 0. The van der Waals surface area contributed by atoms with Gasteiger partial charge in [-0.05, 0) is 11.1 Å². The molecule has 0 spiro atoms. The molecule has 0 bridgehead atoms. The summed E-state index contributed by atoms with van der Waals surface area (Å²) in [5.41, 5.74) is 2.08. The van der Waals surface area contributed by atoms with E-state index in [0.29, 0.717) is 17.7 Å². The fourth-order valence-corrected chi connectivity index (χ4v) is 2.46. The van der Waals surface area contributed by atoms with E-state index in [1.165, 1.54) is 6.33 Å². The van der Waals surface area contributed by atoms with Gasteiger partial charge in [0.05, 0.1) is 5.56 Å². The van der Waals surface area contributed by atoms with Gasteiger partial charge in [0.2, 0.25) is 5.88 Å². The average molecular weight is 327 g/mol. The molecule has 1 aromatic heterocycles. The summed E-state index contributed by atoms with van der Waals surface area (Å²) in [6.07, 6.45) is 0.375. The van der Waals surface area contributed by atoms with Crippen molar-refractivity contribution < 1.29 is 9.84 Å². The van der Waals surface area contributed by atoms with Crippen LogP contribution >= 0.6 is 11.6 Å². The molecule has 0 saturated carbocycles. The molecule has 1 N–H and O–H groups in total. The maximum absolute atomic E-state index is 10.6. The first-order chi connectivity index (χ1) is 11.3. The van der Waals surface area contributed by atoms with Gasteiger partial charge in [0.1, 0.15) is 24.2 Å². The lowest BCUT2D eigenvalue weighted by Crippen LogP contribution is -2.08. The molecule has 23 heavy (non-hydrogen) atoms. The van der Waals surface area contributed by atoms with E-state index in [4.69, 9.17) is 16.3 Å². The van der Waals surface area contributed by atoms with Crippen molar-refractivity contribution in [1.82, 2.24) is 9.97 Å². The van der Waals surface area contributed by atoms with Crippen molar-refractivity contribution in [2.75, 3.05) is 0 Å². The van der Waals surface area contributed by atoms with Gasteiger partial charge in [-0.1, -0.05) is 72.3 Å². The summed E-state index contributed by atoms with van der Waals surface area (Å²) in [6, 6.07) is 18.9. The molecule has 0 aliphatic heterocycles. The van der Waals surface area contributed by atoms with Crippen molar-refractivity contribution in [3.05, 3.63) is 88.8 Å². The van der Waals surface area contributed by atoms with E-state index in [1.54, 1.807) is 0 Å². The SMILES string of the molecule is OC(c1ccccc1)c1c(Cl)ncnc1OCc1ccccc1. The maximum atomic E-state index is 10.6. The van der Waals surface area contributed by atoms with Gasteiger partial charge in [-0.2, -0.15) is 0 Å². The Kier molecular flexibility index (Phi) is 4.86. The molecule has 0 amide bonds. The molecular weight excluding hydrogens is 312 g/mol. The lowest BCUT2D eigenvalue weighted by atomic mass is 10.0. The first-order valence-electron chi connectivity index (χ1n) is 7.16. The predicted molar refractivity (Wildman–Crippen MR) is 88.3 cm³/mol. The Balaban J connectivity index is 1.88. The van der Waals surface area contributed by atoms with E-state index >= 15 is 0 Å². The molecule has 0 radical (unpaired) electrons. The highest BCUT2D eigenvalue weighted by molar-refractivity contribution is 6.30. The quantitative estimate of drug-likeness (QED) is 0.725. The largest absolute Gasteiger partial charge is 0.472 e. The van der Waals surface area contributed by atoms with Gasteiger partial charge < -0.3 is 9.84 Å². The second-order valence-electron chi connectivity index (χ2n) is 4.97. The number of ether oxygens (including phenoxy) is 1. The topological polar surface area (TPSA) is 55.2 Å². The first-order valence-corrected chi connectivity index (χ1v) is 7.53. The predicted octanol–water partition coefficient (Wildman–Crippen LogP) is 3.79. The second kappa shape index (κ2) is 7.22. The molecule has 116 valence electrons. The van der Waals surface area contributed by atoms with Crippen molar-refractivity contribution in [2.45, 2.75) is 12.7 Å². The number of nitrogens with zero attached hydrogens (tertiary/aromatic N) is 2. The number of aliphatic hydroxyl groups is 1. The van der Waals surface area contributed by atoms with Gasteiger partial charge in [0, 0.05) is 0 Å². The molecule has 3 rings (SSSR count). The number of hydrogen-bond donors (Lipinski definition) is 1. The van der Waals surface area contributed by atoms with E-state index in [0.717, 1.165) is 5.56 Å². The van der Waals surface area contributed by atoms with Crippen LogP contribution in [0.1, 0.15) is 22.8 Å². The Morgan fingerprint density at radius 3 is 2.30 bits per heavy atom. The van der Waals surface area contributed by atoms with Crippen molar-refractivity contribution >= 4 is 11.6 Å². The fourth-order valence-electron chi connectivity index (χ4n) is 2.23. The van der Waals surface area contributed by atoms with Crippen LogP contribution in [0.4, 0.5) is 0 Å². The van der Waals surface area contributed by atoms with E-state index in [1.807, 2.05) is 60.7 Å². The Labute approximate surface area is 139 Å². The average Bonchev–Trinajstić information content (AvgIpc) is 2.61. The number of aromatic nitrogens is 2. The van der Waals surface area contributed by atoms with Crippen molar-refractivity contribution in [1.29, 1.82) is 0 Å². The molecular formula is C18H15ClN2O2. The first kappa shape index (κ1) is 15.5. The zero-order valence-electron chi connectivity index (χ0n) is 12.3. The third kappa shape index (κ3) is 3.67. The highest BCUT2D eigenvalue weighted by atomic mass is 35.5. The third-order valence-electron chi connectivity index (χ3n) is 3.41. The number of halogens is 1. The van der Waals surface area contributed by atoms with Crippen LogP contribution in [-0.2, 0) is 6.61 Å². The summed E-state index contributed by atoms with van der Waals surface area (Å²) in [5, 5.41) is 10.8. The highest BCUT2D eigenvalue weighted by Gasteiger charge is 2.21. The molecule has 0 saturated heterocycles. The van der Waals surface area contributed by atoms with E-state index < -0.39 is 6.10 Å². The number of benzene rings is 2. The number of hydrogen-bond acceptors (Lipinski definition) is 4. The molecule has 1 unspecified atom stereocenters. The molecule has 5 heteroatoms. The Morgan fingerprint density at radius 1 is 0.957 bits per heavy atom. The summed E-state index contributed by atoms with van der Waals surface area (Å²) in [5.74, 6) is 0.283. The number of rotatable bonds is 5. The lowest BCUT2D eigenvalue weighted by molar-refractivity contribution is 0.206. The van der Waals surface area contributed by atoms with Crippen LogP contribution in [0.25, 0.3) is 0 Å². The van der Waals surface area contributed by atoms with Crippen molar-refractivity contribution in [3.8, 4) is 5.88 Å². The zero-order chi connectivity index (χ0) is 16.1. The minimum atomic E-state index is -0.948. The monoisotopic (exact) mass is 326 g/mol. The van der Waals surface area contributed by atoms with Crippen molar-refractivity contribution in [2.24, 2.45) is 0 Å². The van der Waals surface area contributed by atoms with Gasteiger partial charge in [-0.15, -0.1) is 0 Å². The van der Waals surface area contributed by atoms with Gasteiger partial charge >= 0.3 is 0 Å². The van der Waals surface area contributed by atoms with E-state index in [-0.39, 0.29) is 11.0 Å². The smallest absolute Gasteiger partial charge is 0.224 e. The zero-order valence-corrected chi connectivity index (χ0v) is 13.0. The molecule has 0 fully saturated rings. The molecule has 3 aromatic rings. The normalized spacial score (nSPS) is 11.9. The third-order valence-corrected chi connectivity index (χ3v) is 3.71. The summed E-state index contributed by atoms with van der Waals surface area (Å²) < 4.78 is 5.75. The van der Waals surface area contributed by atoms with E-state index in [2.05, 4.69) is 9.97 Å². The van der Waals surface area contributed by atoms with Gasteiger partial charge in [-0.25, -0.2) is 9.97 Å². The molecule has 0 aliphatic rings. The summed E-state index contributed by atoms with van der Waals surface area (Å²) in [6.45, 7) is 0.336. The van der Waals surface area contributed by atoms with Crippen LogP contribution in [0, 0.1) is 0 Å². The van der Waals surface area contributed by atoms with Crippen LogP contribution in [-0.4, -0.2) is 15.1 Å². The maximum Gasteiger partial charge on any atom is 0.224 e. The Bertz CT molecular complexity index is 766. The van der Waals surface area contributed by atoms with Crippen molar-refractivity contribution in [3.63, 3.8) is 0 Å². The molecule has 1 atom stereocenters. The molecule has 2 aromatic carbocycles. The summed E-state index contributed by atoms with van der Waals surface area (Å²) in [4.78, 5) is 8.08. The molecule has 4 nitrogen and oxygen atoms in total. The Hall–Kier alpha value is -2.43. The van der Waals surface area contributed by atoms with E-state index in [9.17, 15) is 5.11 Å². The summed E-state index contributed by atoms with van der Waals surface area (Å²) >= 11 is 6.16. The van der Waals surface area contributed by atoms with Gasteiger partial charge in [-0.3, -0.25) is 0 Å². The second-order valence-corrected chi connectivity index (χ2v) is 5.33. The van der Waals surface area contributed by atoms with Crippen LogP contribution in [0.5, 0.6) is 5.88 Å². The minimum Gasteiger partial charge on any atom is -0.472 e. The minimum absolute atomic E-state index is 0.180. The van der Waals surface area contributed by atoms with Crippen LogP contribution in [0.2, 0.25) is 5.15 Å². The highest BCUT2D eigenvalue weighted by Crippen LogP contribution is 2.33. The number of aliphatic hydroxyl groups excluding tert-OH is 1. The standard InChI is InChI=1S/C18H15ClN2O2/c19-17-15(16(22)14-9-5-2-6-10-14)18(21-12-20-17)23-11-13-7-3-1-4-8-13/h1-10,12,16,22H,11H2. The van der Waals surface area contributed by atoms with Crippen LogP contribution in [0.15, 0.2) is 67.0 Å².